The number of esters is 1. The average molecular weight is 261 g/mol. The minimum atomic E-state index is -0.0649. The third kappa shape index (κ3) is 3.80. The maximum absolute atomic E-state index is 11.8. The molecule has 0 amide bonds. The Bertz CT molecular complexity index is 404. The van der Waals surface area contributed by atoms with E-state index in [4.69, 9.17) is 10.5 Å². The van der Waals surface area contributed by atoms with Gasteiger partial charge in [-0.25, -0.2) is 0 Å². The lowest BCUT2D eigenvalue weighted by atomic mass is 9.74. The molecule has 0 radical (unpaired) electrons. The number of nitrogens with two attached hydrogens (primary N) is 1. The van der Waals surface area contributed by atoms with E-state index in [0.29, 0.717) is 5.92 Å². The Labute approximate surface area is 115 Å². The summed E-state index contributed by atoms with van der Waals surface area (Å²) < 4.78 is 4.93. The number of hydrogen-bond donors (Lipinski definition) is 1. The van der Waals surface area contributed by atoms with Crippen LogP contribution in [-0.4, -0.2) is 19.1 Å². The van der Waals surface area contributed by atoms with E-state index in [-0.39, 0.29) is 17.9 Å². The SMILES string of the molecule is COC(=O)[C@H]1CC[C@@H](N)C[C@H]1CCc1ccccc1. The number of hydrogen-bond acceptors (Lipinski definition) is 3. The molecule has 3 nitrogen and oxygen atoms in total. The van der Waals surface area contributed by atoms with Gasteiger partial charge in [0.2, 0.25) is 0 Å². The molecule has 0 unspecified atom stereocenters. The summed E-state index contributed by atoms with van der Waals surface area (Å²) >= 11 is 0. The van der Waals surface area contributed by atoms with Crippen LogP contribution in [0.25, 0.3) is 0 Å². The average Bonchev–Trinajstić information content (AvgIpc) is 2.45. The van der Waals surface area contributed by atoms with Crippen molar-refractivity contribution in [2.75, 3.05) is 7.11 Å². The lowest BCUT2D eigenvalue weighted by Crippen LogP contribution is -2.37. The fourth-order valence-electron chi connectivity index (χ4n) is 3.08. The van der Waals surface area contributed by atoms with Crippen LogP contribution in [0, 0.1) is 11.8 Å². The Kier molecular flexibility index (Phi) is 4.97. The van der Waals surface area contributed by atoms with Gasteiger partial charge in [0, 0.05) is 6.04 Å². The van der Waals surface area contributed by atoms with E-state index in [0.717, 1.165) is 32.1 Å². The zero-order valence-electron chi connectivity index (χ0n) is 11.5. The molecule has 0 heterocycles. The van der Waals surface area contributed by atoms with Crippen molar-refractivity contribution in [2.24, 2.45) is 17.6 Å². The molecule has 3 heteroatoms. The highest BCUT2D eigenvalue weighted by Gasteiger charge is 2.34. The Morgan fingerprint density at radius 3 is 2.74 bits per heavy atom. The van der Waals surface area contributed by atoms with Crippen LogP contribution in [0.4, 0.5) is 0 Å². The number of rotatable bonds is 4. The number of aryl methyl sites for hydroxylation is 1. The van der Waals surface area contributed by atoms with Crippen LogP contribution in [0.1, 0.15) is 31.2 Å². The summed E-state index contributed by atoms with van der Waals surface area (Å²) in [5.41, 5.74) is 7.37. The van der Waals surface area contributed by atoms with Crippen LogP contribution >= 0.6 is 0 Å². The summed E-state index contributed by atoms with van der Waals surface area (Å²) in [5.74, 6) is 0.329. The minimum absolute atomic E-state index is 0.0357. The third-order valence-electron chi connectivity index (χ3n) is 4.17. The van der Waals surface area contributed by atoms with Crippen LogP contribution in [-0.2, 0) is 16.0 Å². The van der Waals surface area contributed by atoms with E-state index >= 15 is 0 Å². The van der Waals surface area contributed by atoms with Crippen molar-refractivity contribution in [3.05, 3.63) is 35.9 Å². The van der Waals surface area contributed by atoms with Crippen molar-refractivity contribution >= 4 is 5.97 Å². The van der Waals surface area contributed by atoms with E-state index in [1.54, 1.807) is 0 Å². The molecule has 1 aromatic rings. The summed E-state index contributed by atoms with van der Waals surface area (Å²) in [6.07, 6.45) is 4.75. The fraction of sp³-hybridized carbons (Fsp3) is 0.562. The first-order valence-corrected chi connectivity index (χ1v) is 7.08. The first-order chi connectivity index (χ1) is 9.20. The lowest BCUT2D eigenvalue weighted by molar-refractivity contribution is -0.148. The highest BCUT2D eigenvalue weighted by atomic mass is 16.5. The van der Waals surface area contributed by atoms with Gasteiger partial charge >= 0.3 is 5.97 Å². The molecule has 3 atom stereocenters. The molecule has 1 aliphatic rings. The minimum Gasteiger partial charge on any atom is -0.469 e. The molecule has 2 N–H and O–H groups in total. The second-order valence-corrected chi connectivity index (χ2v) is 5.49. The molecule has 1 fully saturated rings. The maximum Gasteiger partial charge on any atom is 0.308 e. The highest BCUT2D eigenvalue weighted by Crippen LogP contribution is 2.33. The first-order valence-electron chi connectivity index (χ1n) is 7.08. The van der Waals surface area contributed by atoms with Gasteiger partial charge < -0.3 is 10.5 Å². The summed E-state index contributed by atoms with van der Waals surface area (Å²) in [7, 11) is 1.48. The molecular weight excluding hydrogens is 238 g/mol. The predicted molar refractivity (Wildman–Crippen MR) is 75.6 cm³/mol. The van der Waals surface area contributed by atoms with Crippen molar-refractivity contribution < 1.29 is 9.53 Å². The van der Waals surface area contributed by atoms with Gasteiger partial charge in [-0.15, -0.1) is 0 Å². The van der Waals surface area contributed by atoms with Gasteiger partial charge in [-0.3, -0.25) is 4.79 Å². The van der Waals surface area contributed by atoms with Crippen molar-refractivity contribution in [3.8, 4) is 0 Å². The zero-order valence-corrected chi connectivity index (χ0v) is 11.5. The number of carbonyl (C=O) groups excluding carboxylic acids is 1. The van der Waals surface area contributed by atoms with E-state index in [2.05, 4.69) is 24.3 Å². The second kappa shape index (κ2) is 6.71. The fourth-order valence-corrected chi connectivity index (χ4v) is 3.08. The van der Waals surface area contributed by atoms with Crippen molar-refractivity contribution in [3.63, 3.8) is 0 Å². The Morgan fingerprint density at radius 1 is 1.32 bits per heavy atom. The van der Waals surface area contributed by atoms with Gasteiger partial charge in [0.1, 0.15) is 0 Å². The van der Waals surface area contributed by atoms with E-state index in [1.807, 2.05) is 6.07 Å². The molecule has 1 saturated carbocycles. The zero-order chi connectivity index (χ0) is 13.7. The van der Waals surface area contributed by atoms with Gasteiger partial charge in [0.25, 0.3) is 0 Å². The molecule has 19 heavy (non-hydrogen) atoms. The molecular formula is C16H23NO2. The summed E-state index contributed by atoms with van der Waals surface area (Å²) in [5, 5.41) is 0. The third-order valence-corrected chi connectivity index (χ3v) is 4.17. The maximum atomic E-state index is 11.8. The molecule has 0 saturated heterocycles. The molecule has 104 valence electrons. The Hall–Kier alpha value is -1.35. The molecule has 1 aliphatic carbocycles. The summed E-state index contributed by atoms with van der Waals surface area (Å²) in [6.45, 7) is 0. The first kappa shape index (κ1) is 14.1. The van der Waals surface area contributed by atoms with Crippen LogP contribution in [0.15, 0.2) is 30.3 Å². The molecule has 0 aromatic heterocycles. The van der Waals surface area contributed by atoms with Crippen LogP contribution < -0.4 is 5.73 Å². The molecule has 0 spiro atoms. The van der Waals surface area contributed by atoms with Gasteiger partial charge in [-0.1, -0.05) is 30.3 Å². The van der Waals surface area contributed by atoms with Gasteiger partial charge in [0.15, 0.2) is 0 Å². The topological polar surface area (TPSA) is 52.3 Å². The molecule has 2 rings (SSSR count). The van der Waals surface area contributed by atoms with E-state index in [1.165, 1.54) is 12.7 Å². The number of benzene rings is 1. The predicted octanol–water partition coefficient (Wildman–Crippen LogP) is 2.54. The Balaban J connectivity index is 1.96. The van der Waals surface area contributed by atoms with E-state index < -0.39 is 0 Å². The monoisotopic (exact) mass is 261 g/mol. The second-order valence-electron chi connectivity index (χ2n) is 5.49. The number of methoxy groups -OCH3 is 1. The van der Waals surface area contributed by atoms with Crippen LogP contribution in [0.5, 0.6) is 0 Å². The lowest BCUT2D eigenvalue weighted by Gasteiger charge is -2.33. The van der Waals surface area contributed by atoms with E-state index in [9.17, 15) is 4.79 Å². The number of carbonyl (C=O) groups is 1. The summed E-state index contributed by atoms with van der Waals surface area (Å²) in [4.78, 5) is 11.8. The molecule has 0 bridgehead atoms. The quantitative estimate of drug-likeness (QED) is 0.847. The van der Waals surface area contributed by atoms with Crippen molar-refractivity contribution in [1.29, 1.82) is 0 Å². The smallest absolute Gasteiger partial charge is 0.308 e. The number of ether oxygens (including phenoxy) is 1. The molecule has 0 aliphatic heterocycles. The summed E-state index contributed by atoms with van der Waals surface area (Å²) in [6, 6.07) is 10.6. The van der Waals surface area contributed by atoms with Crippen molar-refractivity contribution in [2.45, 2.75) is 38.1 Å². The van der Waals surface area contributed by atoms with Gasteiger partial charge in [0.05, 0.1) is 13.0 Å². The van der Waals surface area contributed by atoms with Gasteiger partial charge in [-0.2, -0.15) is 0 Å². The van der Waals surface area contributed by atoms with Crippen molar-refractivity contribution in [1.82, 2.24) is 0 Å². The normalized spacial score (nSPS) is 26.9. The van der Waals surface area contributed by atoms with Crippen LogP contribution in [0.3, 0.4) is 0 Å². The molecule has 1 aromatic carbocycles. The van der Waals surface area contributed by atoms with Gasteiger partial charge in [-0.05, 0) is 43.6 Å². The standard InChI is InChI=1S/C16H23NO2/c1-19-16(18)15-10-9-14(17)11-13(15)8-7-12-5-3-2-4-6-12/h2-6,13-15H,7-11,17H2,1H3/t13-,14-,15+/m1/s1. The largest absolute Gasteiger partial charge is 0.469 e. The Morgan fingerprint density at radius 2 is 2.05 bits per heavy atom. The van der Waals surface area contributed by atoms with Crippen LogP contribution in [0.2, 0.25) is 0 Å². The highest BCUT2D eigenvalue weighted by molar-refractivity contribution is 5.72.